The molecule has 0 unspecified atom stereocenters. The van der Waals surface area contributed by atoms with E-state index in [0.29, 0.717) is 0 Å². The number of hydrogen-bond donors (Lipinski definition) is 1. The molecule has 0 aliphatic heterocycles. The summed E-state index contributed by atoms with van der Waals surface area (Å²) >= 11 is 0. The summed E-state index contributed by atoms with van der Waals surface area (Å²) in [6.07, 6.45) is 10.0. The molecular formula is C18H27N. The number of aryl methyl sites for hydroxylation is 1. The minimum atomic E-state index is 0.878. The molecule has 2 aliphatic rings. The highest BCUT2D eigenvalue weighted by Gasteiger charge is 2.23. The summed E-state index contributed by atoms with van der Waals surface area (Å²) in [6, 6.07) is 7.11. The summed E-state index contributed by atoms with van der Waals surface area (Å²) in [5.74, 6) is 1.81. The summed E-state index contributed by atoms with van der Waals surface area (Å²) < 4.78 is 0. The van der Waals surface area contributed by atoms with Crippen molar-refractivity contribution >= 4 is 0 Å². The van der Waals surface area contributed by atoms with E-state index in [-0.39, 0.29) is 0 Å². The first kappa shape index (κ1) is 13.2. The van der Waals surface area contributed by atoms with E-state index < -0.39 is 0 Å². The molecule has 0 saturated heterocycles. The van der Waals surface area contributed by atoms with Gasteiger partial charge in [-0.3, -0.25) is 0 Å². The van der Waals surface area contributed by atoms with E-state index in [1.165, 1.54) is 62.6 Å². The zero-order valence-electron chi connectivity index (χ0n) is 12.3. The van der Waals surface area contributed by atoms with Gasteiger partial charge in [0.15, 0.2) is 0 Å². The zero-order valence-corrected chi connectivity index (χ0v) is 12.3. The van der Waals surface area contributed by atoms with Gasteiger partial charge in [-0.15, -0.1) is 0 Å². The fraction of sp³-hybridized carbons (Fsp3) is 0.667. The van der Waals surface area contributed by atoms with Crippen LogP contribution >= 0.6 is 0 Å². The molecule has 2 saturated carbocycles. The summed E-state index contributed by atoms with van der Waals surface area (Å²) in [7, 11) is 0. The normalized spacial score (nSPS) is 20.7. The molecule has 0 heterocycles. The van der Waals surface area contributed by atoms with Crippen LogP contribution in [-0.4, -0.2) is 6.54 Å². The number of nitrogens with one attached hydrogen (secondary N) is 1. The molecule has 0 spiro atoms. The first-order chi connectivity index (χ1) is 9.33. The standard InChI is InChI=1S/C18H27N/c1-14-11-17(16-7-8-16)9-10-18(14)13-19-12-15-5-3-2-4-6-15/h9-11,15-16,19H,2-8,12-13H2,1H3. The van der Waals surface area contributed by atoms with Crippen LogP contribution in [0.2, 0.25) is 0 Å². The van der Waals surface area contributed by atoms with Gasteiger partial charge >= 0.3 is 0 Å². The first-order valence-corrected chi connectivity index (χ1v) is 8.13. The minimum Gasteiger partial charge on any atom is -0.312 e. The fourth-order valence-electron chi connectivity index (χ4n) is 3.39. The Balaban J connectivity index is 1.48. The average molecular weight is 257 g/mol. The number of benzene rings is 1. The van der Waals surface area contributed by atoms with Gasteiger partial charge in [0.05, 0.1) is 0 Å². The number of hydrogen-bond acceptors (Lipinski definition) is 1. The second-order valence-corrected chi connectivity index (χ2v) is 6.60. The Bertz CT molecular complexity index is 414. The van der Waals surface area contributed by atoms with E-state index in [0.717, 1.165) is 18.4 Å². The predicted molar refractivity (Wildman–Crippen MR) is 81.4 cm³/mol. The molecule has 3 rings (SSSR count). The van der Waals surface area contributed by atoms with E-state index in [9.17, 15) is 0 Å². The third kappa shape index (κ3) is 3.60. The van der Waals surface area contributed by atoms with Crippen molar-refractivity contribution in [3.8, 4) is 0 Å². The van der Waals surface area contributed by atoms with Gasteiger partial charge in [-0.2, -0.15) is 0 Å². The molecule has 2 aliphatic carbocycles. The van der Waals surface area contributed by atoms with Crippen molar-refractivity contribution in [2.24, 2.45) is 5.92 Å². The minimum absolute atomic E-state index is 0.878. The summed E-state index contributed by atoms with van der Waals surface area (Å²) in [5, 5.41) is 3.68. The van der Waals surface area contributed by atoms with E-state index in [4.69, 9.17) is 0 Å². The molecule has 2 fully saturated rings. The Hall–Kier alpha value is -0.820. The third-order valence-corrected chi connectivity index (χ3v) is 4.89. The molecule has 104 valence electrons. The molecule has 0 atom stereocenters. The third-order valence-electron chi connectivity index (χ3n) is 4.89. The highest BCUT2D eigenvalue weighted by atomic mass is 14.9. The second kappa shape index (κ2) is 6.09. The van der Waals surface area contributed by atoms with Crippen LogP contribution < -0.4 is 5.32 Å². The SMILES string of the molecule is Cc1cc(C2CC2)ccc1CNCC1CCCCC1. The lowest BCUT2D eigenvalue weighted by Gasteiger charge is -2.22. The van der Waals surface area contributed by atoms with Crippen molar-refractivity contribution < 1.29 is 0 Å². The van der Waals surface area contributed by atoms with Gasteiger partial charge in [0.25, 0.3) is 0 Å². The Labute approximate surface area is 117 Å². The summed E-state index contributed by atoms with van der Waals surface area (Å²) in [5.41, 5.74) is 4.52. The maximum Gasteiger partial charge on any atom is 0.0208 e. The van der Waals surface area contributed by atoms with Gasteiger partial charge in [-0.1, -0.05) is 37.5 Å². The number of rotatable bonds is 5. The van der Waals surface area contributed by atoms with Gasteiger partial charge in [0.2, 0.25) is 0 Å². The van der Waals surface area contributed by atoms with E-state index in [1.807, 2.05) is 0 Å². The smallest absolute Gasteiger partial charge is 0.0208 e. The van der Waals surface area contributed by atoms with Gasteiger partial charge in [0.1, 0.15) is 0 Å². The molecule has 1 aromatic carbocycles. The zero-order chi connectivity index (χ0) is 13.1. The van der Waals surface area contributed by atoms with Crippen LogP contribution in [0, 0.1) is 12.8 Å². The average Bonchev–Trinajstić information content (AvgIpc) is 3.26. The molecule has 1 nitrogen and oxygen atoms in total. The Morgan fingerprint density at radius 3 is 2.53 bits per heavy atom. The molecule has 0 radical (unpaired) electrons. The highest BCUT2D eigenvalue weighted by molar-refractivity contribution is 5.34. The van der Waals surface area contributed by atoms with Crippen LogP contribution in [0.3, 0.4) is 0 Å². The van der Waals surface area contributed by atoms with Crippen molar-refractivity contribution in [3.63, 3.8) is 0 Å². The van der Waals surface area contributed by atoms with Crippen LogP contribution in [0.15, 0.2) is 18.2 Å². The van der Waals surface area contributed by atoms with E-state index in [2.05, 4.69) is 30.4 Å². The van der Waals surface area contributed by atoms with Gasteiger partial charge in [-0.25, -0.2) is 0 Å². The Kier molecular flexibility index (Phi) is 4.22. The quantitative estimate of drug-likeness (QED) is 0.816. The summed E-state index contributed by atoms with van der Waals surface area (Å²) in [4.78, 5) is 0. The fourth-order valence-corrected chi connectivity index (χ4v) is 3.39. The van der Waals surface area contributed by atoms with Crippen LogP contribution in [0.5, 0.6) is 0 Å². The lowest BCUT2D eigenvalue weighted by Crippen LogP contribution is -2.24. The Morgan fingerprint density at radius 1 is 1.05 bits per heavy atom. The molecule has 1 aromatic rings. The van der Waals surface area contributed by atoms with Crippen molar-refractivity contribution in [2.75, 3.05) is 6.54 Å². The van der Waals surface area contributed by atoms with Crippen LogP contribution in [0.4, 0.5) is 0 Å². The van der Waals surface area contributed by atoms with Gasteiger partial charge in [-0.05, 0) is 67.7 Å². The highest BCUT2D eigenvalue weighted by Crippen LogP contribution is 2.40. The van der Waals surface area contributed by atoms with E-state index in [1.54, 1.807) is 5.56 Å². The molecule has 19 heavy (non-hydrogen) atoms. The van der Waals surface area contributed by atoms with Crippen molar-refractivity contribution in [1.29, 1.82) is 0 Å². The van der Waals surface area contributed by atoms with Crippen molar-refractivity contribution in [3.05, 3.63) is 34.9 Å². The topological polar surface area (TPSA) is 12.0 Å². The predicted octanol–water partition coefficient (Wildman–Crippen LogP) is 4.54. The van der Waals surface area contributed by atoms with Gasteiger partial charge in [0, 0.05) is 6.54 Å². The lowest BCUT2D eigenvalue weighted by atomic mass is 9.89. The summed E-state index contributed by atoms with van der Waals surface area (Å²) in [6.45, 7) is 4.53. The molecule has 0 aromatic heterocycles. The molecule has 0 bridgehead atoms. The van der Waals surface area contributed by atoms with Crippen LogP contribution in [0.1, 0.15) is 67.6 Å². The second-order valence-electron chi connectivity index (χ2n) is 6.60. The molecule has 1 N–H and O–H groups in total. The van der Waals surface area contributed by atoms with Crippen molar-refractivity contribution in [1.82, 2.24) is 5.32 Å². The Morgan fingerprint density at radius 2 is 1.84 bits per heavy atom. The molecule has 0 amide bonds. The first-order valence-electron chi connectivity index (χ1n) is 8.13. The molecular weight excluding hydrogens is 230 g/mol. The maximum atomic E-state index is 3.68. The largest absolute Gasteiger partial charge is 0.312 e. The van der Waals surface area contributed by atoms with Crippen molar-refractivity contribution in [2.45, 2.75) is 64.3 Å². The maximum absolute atomic E-state index is 3.68. The monoisotopic (exact) mass is 257 g/mol. The van der Waals surface area contributed by atoms with E-state index >= 15 is 0 Å². The van der Waals surface area contributed by atoms with Gasteiger partial charge < -0.3 is 5.32 Å². The lowest BCUT2D eigenvalue weighted by molar-refractivity contribution is 0.342. The van der Waals surface area contributed by atoms with Crippen LogP contribution in [-0.2, 0) is 6.54 Å². The van der Waals surface area contributed by atoms with Crippen LogP contribution in [0.25, 0.3) is 0 Å². The molecule has 1 heteroatoms.